The molecule has 2 heterocycles. The molecule has 0 bridgehead atoms. The van der Waals surface area contributed by atoms with E-state index in [1.165, 1.54) is 14.1 Å². The van der Waals surface area contributed by atoms with Crippen LogP contribution in [-0.4, -0.2) is 55.5 Å². The fraction of sp³-hybridized carbons (Fsp3) is 0.700. The van der Waals surface area contributed by atoms with Crippen LogP contribution in [0, 0.1) is 0 Å². The summed E-state index contributed by atoms with van der Waals surface area (Å²) in [6, 6.07) is 0. The van der Waals surface area contributed by atoms with Crippen LogP contribution in [0.3, 0.4) is 0 Å². The van der Waals surface area contributed by atoms with E-state index < -0.39 is 16.1 Å². The van der Waals surface area contributed by atoms with Crippen LogP contribution in [0.15, 0.2) is 4.90 Å². The van der Waals surface area contributed by atoms with Gasteiger partial charge in [0, 0.05) is 27.2 Å². The lowest BCUT2D eigenvalue weighted by Gasteiger charge is -2.31. The molecule has 2 rings (SSSR count). The Hall–Kier alpha value is -0.900. The maximum Gasteiger partial charge on any atom is 0.249 e. The number of aliphatic hydroxyl groups excluding tert-OH is 1. The number of sulfonamides is 1. The molecule has 0 spiro atoms. The second kappa shape index (κ2) is 5.23. The molecule has 1 aliphatic rings. The summed E-state index contributed by atoms with van der Waals surface area (Å²) in [6.45, 7) is 1.12. The van der Waals surface area contributed by atoms with Crippen molar-refractivity contribution in [2.75, 3.05) is 37.8 Å². The smallest absolute Gasteiger partial charge is 0.249 e. The van der Waals surface area contributed by atoms with Gasteiger partial charge in [0.05, 0.1) is 6.10 Å². The van der Waals surface area contributed by atoms with E-state index >= 15 is 0 Å². The summed E-state index contributed by atoms with van der Waals surface area (Å²) in [7, 11) is -0.710. The van der Waals surface area contributed by atoms with Gasteiger partial charge >= 0.3 is 0 Å². The third-order valence-electron chi connectivity index (χ3n) is 3.08. The van der Waals surface area contributed by atoms with E-state index in [9.17, 15) is 13.5 Å². The maximum absolute atomic E-state index is 12.3. The highest BCUT2D eigenvalue weighted by Crippen LogP contribution is 2.37. The van der Waals surface area contributed by atoms with Crippen LogP contribution < -0.4 is 10.6 Å². The number of anilines is 2. The molecule has 0 amide bonds. The summed E-state index contributed by atoms with van der Waals surface area (Å²) < 4.78 is 29.6. The molecule has 0 saturated carbocycles. The van der Waals surface area contributed by atoms with Crippen molar-refractivity contribution in [3.8, 4) is 0 Å². The summed E-state index contributed by atoms with van der Waals surface area (Å²) >= 11 is 1.06. The minimum absolute atomic E-state index is 0.0220. The zero-order valence-corrected chi connectivity index (χ0v) is 12.5. The highest BCUT2D eigenvalue weighted by Gasteiger charge is 2.31. The van der Waals surface area contributed by atoms with Crippen LogP contribution in [0.5, 0.6) is 0 Å². The number of nitrogens with zero attached hydrogens (tertiary/aromatic N) is 3. The zero-order valence-electron chi connectivity index (χ0n) is 10.9. The van der Waals surface area contributed by atoms with Crippen molar-refractivity contribution >= 4 is 32.4 Å². The quantitative estimate of drug-likeness (QED) is 0.811. The summed E-state index contributed by atoms with van der Waals surface area (Å²) in [5.74, 6) is 0.0220. The highest BCUT2D eigenvalue weighted by molar-refractivity contribution is 7.89. The van der Waals surface area contributed by atoms with Crippen molar-refractivity contribution in [2.24, 2.45) is 0 Å². The Bertz CT molecular complexity index is 555. The fourth-order valence-electron chi connectivity index (χ4n) is 2.05. The van der Waals surface area contributed by atoms with Gasteiger partial charge in [-0.1, -0.05) is 0 Å². The second-order valence-electron chi connectivity index (χ2n) is 4.73. The molecule has 1 aliphatic heterocycles. The van der Waals surface area contributed by atoms with Gasteiger partial charge in [-0.05, 0) is 24.4 Å². The van der Waals surface area contributed by atoms with Crippen LogP contribution >= 0.6 is 11.5 Å². The topological polar surface area (TPSA) is 99.8 Å². The van der Waals surface area contributed by atoms with E-state index in [0.717, 1.165) is 28.7 Å². The van der Waals surface area contributed by atoms with Gasteiger partial charge < -0.3 is 15.7 Å². The summed E-state index contributed by atoms with van der Waals surface area (Å²) in [6.07, 6.45) is 1.12. The molecule has 1 atom stereocenters. The van der Waals surface area contributed by atoms with E-state index in [4.69, 9.17) is 5.73 Å². The van der Waals surface area contributed by atoms with Gasteiger partial charge in [-0.2, -0.15) is 4.37 Å². The van der Waals surface area contributed by atoms with Gasteiger partial charge in [0.25, 0.3) is 0 Å². The van der Waals surface area contributed by atoms with Crippen molar-refractivity contribution in [3.63, 3.8) is 0 Å². The number of nitrogen functional groups attached to an aromatic ring is 1. The first-order valence-corrected chi connectivity index (χ1v) is 8.16. The Labute approximate surface area is 116 Å². The first-order valence-electron chi connectivity index (χ1n) is 5.94. The molecule has 0 aliphatic carbocycles. The van der Waals surface area contributed by atoms with E-state index in [0.29, 0.717) is 18.1 Å². The minimum Gasteiger partial charge on any atom is -0.391 e. The molecule has 3 N–H and O–H groups in total. The number of piperidine rings is 1. The number of aliphatic hydroxyl groups is 1. The molecule has 9 heteroatoms. The molecule has 1 unspecified atom stereocenters. The van der Waals surface area contributed by atoms with Crippen LogP contribution in [0.4, 0.5) is 10.8 Å². The van der Waals surface area contributed by atoms with E-state index in [2.05, 4.69) is 4.37 Å². The van der Waals surface area contributed by atoms with Crippen molar-refractivity contribution in [3.05, 3.63) is 0 Å². The van der Waals surface area contributed by atoms with E-state index in [1.807, 2.05) is 4.90 Å². The standard InChI is InChI=1S/C10H18N4O3S2/c1-13(2)19(16,17)8-9(11)12-18-10(8)14-5-3-4-7(15)6-14/h7,15H,3-6H2,1-2H3,(H2,11,12). The van der Waals surface area contributed by atoms with Gasteiger partial charge in [-0.3, -0.25) is 0 Å². The summed E-state index contributed by atoms with van der Waals surface area (Å²) in [4.78, 5) is 1.90. The Morgan fingerprint density at radius 2 is 2.21 bits per heavy atom. The average molecular weight is 306 g/mol. The molecule has 0 aromatic carbocycles. The first-order chi connectivity index (χ1) is 8.84. The van der Waals surface area contributed by atoms with Gasteiger partial charge in [0.15, 0.2) is 10.7 Å². The zero-order chi connectivity index (χ0) is 14.2. The molecule has 1 aromatic rings. The van der Waals surface area contributed by atoms with Gasteiger partial charge in [0.1, 0.15) is 5.00 Å². The number of aromatic nitrogens is 1. The van der Waals surface area contributed by atoms with Crippen molar-refractivity contribution in [1.29, 1.82) is 0 Å². The molecule has 7 nitrogen and oxygen atoms in total. The molecule has 108 valence electrons. The molecule has 19 heavy (non-hydrogen) atoms. The number of hydrogen-bond donors (Lipinski definition) is 2. The number of hydrogen-bond acceptors (Lipinski definition) is 7. The Morgan fingerprint density at radius 1 is 1.53 bits per heavy atom. The monoisotopic (exact) mass is 306 g/mol. The van der Waals surface area contributed by atoms with Crippen LogP contribution in [0.25, 0.3) is 0 Å². The Kier molecular flexibility index (Phi) is 4.00. The van der Waals surface area contributed by atoms with Gasteiger partial charge in [0.2, 0.25) is 10.0 Å². The lowest BCUT2D eigenvalue weighted by atomic mass is 10.1. The van der Waals surface area contributed by atoms with Gasteiger partial charge in [-0.15, -0.1) is 0 Å². The van der Waals surface area contributed by atoms with Crippen LogP contribution in [0.1, 0.15) is 12.8 Å². The molecular formula is C10H18N4O3S2. The Balaban J connectivity index is 2.43. The van der Waals surface area contributed by atoms with E-state index in [1.54, 1.807) is 0 Å². The Morgan fingerprint density at radius 3 is 2.79 bits per heavy atom. The predicted molar refractivity (Wildman–Crippen MR) is 74.9 cm³/mol. The lowest BCUT2D eigenvalue weighted by Crippen LogP contribution is -2.38. The van der Waals surface area contributed by atoms with Crippen molar-refractivity contribution < 1.29 is 13.5 Å². The molecule has 1 saturated heterocycles. The molecule has 1 fully saturated rings. The summed E-state index contributed by atoms with van der Waals surface area (Å²) in [5.41, 5.74) is 5.71. The van der Waals surface area contributed by atoms with Crippen LogP contribution in [0.2, 0.25) is 0 Å². The lowest BCUT2D eigenvalue weighted by molar-refractivity contribution is 0.154. The maximum atomic E-state index is 12.3. The third kappa shape index (κ3) is 2.69. The normalized spacial score (nSPS) is 21.1. The van der Waals surface area contributed by atoms with E-state index in [-0.39, 0.29) is 10.7 Å². The molecular weight excluding hydrogens is 288 g/mol. The highest BCUT2D eigenvalue weighted by atomic mass is 32.2. The number of β-amino-alcohol motifs (C(OH)–C–C–N with tert-alkyl or cyclic N) is 1. The molecule has 1 aromatic heterocycles. The fourth-order valence-corrected chi connectivity index (χ4v) is 4.31. The summed E-state index contributed by atoms with van der Waals surface area (Å²) in [5, 5.41) is 10.2. The van der Waals surface area contributed by atoms with Crippen molar-refractivity contribution in [2.45, 2.75) is 23.8 Å². The number of nitrogens with two attached hydrogens (primary N) is 1. The molecule has 0 radical (unpaired) electrons. The SMILES string of the molecule is CN(C)S(=O)(=O)c1c(N)nsc1N1CCCC(O)C1. The average Bonchev–Trinajstić information content (AvgIpc) is 2.71. The largest absolute Gasteiger partial charge is 0.391 e. The van der Waals surface area contributed by atoms with Gasteiger partial charge in [-0.25, -0.2) is 12.7 Å². The van der Waals surface area contributed by atoms with Crippen molar-refractivity contribution in [1.82, 2.24) is 8.68 Å². The first kappa shape index (κ1) is 14.5. The third-order valence-corrected chi connectivity index (χ3v) is 6.01. The predicted octanol–water partition coefficient (Wildman–Crippen LogP) is -0.0633. The number of rotatable bonds is 3. The minimum atomic E-state index is -3.63. The van der Waals surface area contributed by atoms with Crippen LogP contribution in [-0.2, 0) is 10.0 Å². The second-order valence-corrected chi connectivity index (χ2v) is 7.57.